The molecule has 1 fully saturated rings. The second-order valence-corrected chi connectivity index (χ2v) is 7.75. The van der Waals surface area contributed by atoms with Crippen LogP contribution >= 0.6 is 15.9 Å². The van der Waals surface area contributed by atoms with E-state index in [0.29, 0.717) is 11.8 Å². The first kappa shape index (κ1) is 20.2. The molecule has 3 rings (SSSR count). The predicted octanol–water partition coefficient (Wildman–Crippen LogP) is 4.88. The summed E-state index contributed by atoms with van der Waals surface area (Å²) in [5.74, 6) is 0. The van der Waals surface area contributed by atoms with Crippen LogP contribution in [0.5, 0.6) is 0 Å². The fourth-order valence-corrected chi connectivity index (χ4v) is 3.45. The summed E-state index contributed by atoms with van der Waals surface area (Å²) in [6.07, 6.45) is -6.17. The van der Waals surface area contributed by atoms with Crippen LogP contribution in [0.25, 0.3) is 0 Å². The molecule has 0 aliphatic carbocycles. The van der Waals surface area contributed by atoms with Gasteiger partial charge in [0.2, 0.25) is 0 Å². The number of amides is 2. The molecule has 1 saturated heterocycles. The Bertz CT molecular complexity index is 968. The largest absolute Gasteiger partial charge is 0.417 e. The number of nitriles is 1. The average Bonchev–Trinajstić information content (AvgIpc) is 2.79. The summed E-state index contributed by atoms with van der Waals surface area (Å²) < 4.78 is 40.7. The average molecular weight is 454 g/mol. The van der Waals surface area contributed by atoms with Crippen molar-refractivity contribution in [3.05, 3.63) is 58.1 Å². The molecule has 9 heteroatoms. The van der Waals surface area contributed by atoms with Crippen molar-refractivity contribution >= 4 is 33.3 Å². The first-order valence-corrected chi connectivity index (χ1v) is 8.96. The monoisotopic (exact) mass is 453 g/mol. The molecule has 1 aliphatic heterocycles. The normalized spacial score (nSPS) is 19.1. The van der Waals surface area contributed by atoms with Crippen molar-refractivity contribution in [2.24, 2.45) is 0 Å². The van der Waals surface area contributed by atoms with E-state index in [2.05, 4.69) is 15.9 Å². The maximum Gasteiger partial charge on any atom is 0.417 e. The number of urea groups is 1. The van der Waals surface area contributed by atoms with E-state index < -0.39 is 35.1 Å². The van der Waals surface area contributed by atoms with Gasteiger partial charge in [-0.05, 0) is 56.3 Å². The van der Waals surface area contributed by atoms with Crippen LogP contribution in [-0.2, 0) is 6.18 Å². The second kappa shape index (κ2) is 6.79. The highest BCUT2D eigenvalue weighted by molar-refractivity contribution is 9.10. The van der Waals surface area contributed by atoms with E-state index in [-0.39, 0.29) is 5.69 Å². The fourth-order valence-electron chi connectivity index (χ4n) is 3.19. The molecule has 2 aromatic rings. The van der Waals surface area contributed by atoms with Crippen LogP contribution in [0, 0.1) is 11.3 Å². The van der Waals surface area contributed by atoms with Gasteiger partial charge in [0.15, 0.2) is 6.23 Å². The molecule has 2 aromatic carbocycles. The third-order valence-electron chi connectivity index (χ3n) is 4.64. The molecule has 28 heavy (non-hydrogen) atoms. The van der Waals surface area contributed by atoms with E-state index in [1.54, 1.807) is 38.1 Å². The lowest BCUT2D eigenvalue weighted by molar-refractivity contribution is -0.137. The second-order valence-electron chi connectivity index (χ2n) is 6.83. The number of anilines is 2. The highest BCUT2D eigenvalue weighted by Crippen LogP contribution is 2.41. The van der Waals surface area contributed by atoms with Crippen molar-refractivity contribution in [2.75, 3.05) is 9.80 Å². The third-order valence-corrected chi connectivity index (χ3v) is 5.17. The number of rotatable bonds is 2. The molecule has 0 saturated carbocycles. The maximum absolute atomic E-state index is 13.3. The van der Waals surface area contributed by atoms with Gasteiger partial charge in [0.1, 0.15) is 0 Å². The molecule has 0 spiro atoms. The Kier molecular flexibility index (Phi) is 4.89. The number of aliphatic hydroxyl groups is 1. The molecule has 5 nitrogen and oxygen atoms in total. The quantitative estimate of drug-likeness (QED) is 0.704. The van der Waals surface area contributed by atoms with Crippen LogP contribution in [-0.4, -0.2) is 22.9 Å². The van der Waals surface area contributed by atoms with Crippen molar-refractivity contribution in [1.29, 1.82) is 5.26 Å². The zero-order valence-electron chi connectivity index (χ0n) is 14.8. The van der Waals surface area contributed by atoms with E-state index in [4.69, 9.17) is 5.26 Å². The molecule has 0 aromatic heterocycles. The fraction of sp³-hybridized carbons (Fsp3) is 0.263. The van der Waals surface area contributed by atoms with E-state index in [9.17, 15) is 23.1 Å². The lowest BCUT2D eigenvalue weighted by Crippen LogP contribution is -2.47. The van der Waals surface area contributed by atoms with Crippen molar-refractivity contribution in [3.63, 3.8) is 0 Å². The van der Waals surface area contributed by atoms with Crippen molar-refractivity contribution in [3.8, 4) is 6.07 Å². The smallest absolute Gasteiger partial charge is 0.371 e. The molecule has 1 N–H and O–H groups in total. The van der Waals surface area contributed by atoms with E-state index in [0.717, 1.165) is 15.4 Å². The van der Waals surface area contributed by atoms with Gasteiger partial charge in [-0.2, -0.15) is 18.4 Å². The van der Waals surface area contributed by atoms with E-state index in [1.807, 2.05) is 0 Å². The molecule has 2 amide bonds. The Balaban J connectivity index is 2.10. The van der Waals surface area contributed by atoms with Gasteiger partial charge >= 0.3 is 12.2 Å². The Hall–Kier alpha value is -2.57. The van der Waals surface area contributed by atoms with Gasteiger partial charge in [-0.3, -0.25) is 9.80 Å². The number of halogens is 4. The van der Waals surface area contributed by atoms with Gasteiger partial charge < -0.3 is 5.11 Å². The van der Waals surface area contributed by atoms with Crippen LogP contribution in [0.15, 0.2) is 46.9 Å². The number of hydrogen-bond donors (Lipinski definition) is 1. The van der Waals surface area contributed by atoms with Gasteiger partial charge in [0, 0.05) is 15.8 Å². The minimum absolute atomic E-state index is 0.142. The van der Waals surface area contributed by atoms with E-state index in [1.165, 1.54) is 17.0 Å². The summed E-state index contributed by atoms with van der Waals surface area (Å²) in [5.41, 5.74) is -2.48. The van der Waals surface area contributed by atoms with Gasteiger partial charge in [-0.25, -0.2) is 4.79 Å². The van der Waals surface area contributed by atoms with Gasteiger partial charge in [0.05, 0.1) is 22.7 Å². The first-order chi connectivity index (χ1) is 13.0. The summed E-state index contributed by atoms with van der Waals surface area (Å²) in [4.78, 5) is 15.3. The molecular weight excluding hydrogens is 439 g/mol. The van der Waals surface area contributed by atoms with Crippen LogP contribution < -0.4 is 9.80 Å². The van der Waals surface area contributed by atoms with Crippen LogP contribution in [0.1, 0.15) is 25.0 Å². The van der Waals surface area contributed by atoms with Gasteiger partial charge in [-0.1, -0.05) is 15.9 Å². The summed E-state index contributed by atoms with van der Waals surface area (Å²) in [6, 6.07) is 10.5. The lowest BCUT2D eigenvalue weighted by Gasteiger charge is -2.32. The van der Waals surface area contributed by atoms with E-state index >= 15 is 0 Å². The molecule has 1 aliphatic rings. The highest BCUT2D eigenvalue weighted by Gasteiger charge is 2.52. The number of aliphatic hydroxyl groups excluding tert-OH is 1. The van der Waals surface area contributed by atoms with Crippen LogP contribution in [0.4, 0.5) is 29.3 Å². The Morgan fingerprint density at radius 1 is 1.14 bits per heavy atom. The highest BCUT2D eigenvalue weighted by atomic mass is 79.9. The minimum Gasteiger partial charge on any atom is -0.371 e. The number of benzene rings is 2. The molecule has 0 radical (unpaired) electrons. The predicted molar refractivity (Wildman–Crippen MR) is 101 cm³/mol. The number of alkyl halides is 3. The lowest BCUT2D eigenvalue weighted by atomic mass is 10.0. The number of hydrogen-bond acceptors (Lipinski definition) is 3. The Morgan fingerprint density at radius 3 is 2.25 bits per heavy atom. The maximum atomic E-state index is 13.3. The summed E-state index contributed by atoms with van der Waals surface area (Å²) in [6.45, 7) is 3.23. The molecule has 0 bridgehead atoms. The van der Waals surface area contributed by atoms with Crippen LogP contribution in [0.3, 0.4) is 0 Å². The zero-order valence-corrected chi connectivity index (χ0v) is 16.4. The van der Waals surface area contributed by atoms with Crippen molar-refractivity contribution < 1.29 is 23.1 Å². The number of carbonyl (C=O) groups is 1. The van der Waals surface area contributed by atoms with Gasteiger partial charge in [-0.15, -0.1) is 0 Å². The van der Waals surface area contributed by atoms with Gasteiger partial charge in [0.25, 0.3) is 0 Å². The van der Waals surface area contributed by atoms with Crippen molar-refractivity contribution in [1.82, 2.24) is 0 Å². The SMILES string of the molecule is CC1(C)C(O)N(c2ccc(C#N)c(C(F)(F)F)c2)C(=O)N1c1ccc(Br)cc1. The molecule has 1 unspecified atom stereocenters. The summed E-state index contributed by atoms with van der Waals surface area (Å²) in [5, 5.41) is 19.7. The third kappa shape index (κ3) is 3.23. The number of carbonyl (C=O) groups excluding carboxylic acids is 1. The van der Waals surface area contributed by atoms with Crippen LogP contribution in [0.2, 0.25) is 0 Å². The topological polar surface area (TPSA) is 67.6 Å². The minimum atomic E-state index is -4.77. The Labute approximate surface area is 167 Å². The summed E-state index contributed by atoms with van der Waals surface area (Å²) in [7, 11) is 0. The Morgan fingerprint density at radius 2 is 1.71 bits per heavy atom. The number of nitrogens with zero attached hydrogens (tertiary/aromatic N) is 3. The molecular formula is C19H15BrF3N3O2. The standard InChI is InChI=1S/C19H15BrF3N3O2/c1-18(2)16(27)25(17(28)26(18)13-7-4-12(20)5-8-13)14-6-3-11(10-24)15(9-14)19(21,22)23/h3-9,16,27H,1-2H3. The summed E-state index contributed by atoms with van der Waals surface area (Å²) >= 11 is 3.30. The zero-order chi connectivity index (χ0) is 20.9. The van der Waals surface area contributed by atoms with Crippen molar-refractivity contribution in [2.45, 2.75) is 31.8 Å². The molecule has 1 atom stereocenters. The molecule has 146 valence electrons. The molecule has 1 heterocycles. The first-order valence-electron chi connectivity index (χ1n) is 8.17.